The fourth-order valence-electron chi connectivity index (χ4n) is 1.66. The van der Waals surface area contributed by atoms with Crippen molar-refractivity contribution < 1.29 is 14.3 Å². The largest absolute Gasteiger partial charge is 0.490 e. The molecular formula is C16H25NO3. The Bertz CT molecular complexity index is 432. The molecule has 0 aromatic heterocycles. The lowest BCUT2D eigenvalue weighted by atomic mass is 10.1. The van der Waals surface area contributed by atoms with Crippen LogP contribution in [0.25, 0.3) is 0 Å². The van der Waals surface area contributed by atoms with E-state index in [0.717, 1.165) is 12.8 Å². The Morgan fingerprint density at radius 2 is 1.65 bits per heavy atom. The zero-order chi connectivity index (χ0) is 15.0. The van der Waals surface area contributed by atoms with Crippen molar-refractivity contribution in [2.45, 2.75) is 33.6 Å². The summed E-state index contributed by atoms with van der Waals surface area (Å²) in [5.74, 6) is 1.35. The Morgan fingerprint density at radius 1 is 1.05 bits per heavy atom. The molecule has 0 spiro atoms. The quantitative estimate of drug-likeness (QED) is 0.732. The van der Waals surface area contributed by atoms with E-state index in [2.05, 4.69) is 6.92 Å². The predicted molar refractivity (Wildman–Crippen MR) is 80.6 cm³/mol. The molecule has 4 nitrogen and oxygen atoms in total. The molecule has 112 valence electrons. The Kier molecular flexibility index (Phi) is 6.91. The molecule has 0 bridgehead atoms. The lowest BCUT2D eigenvalue weighted by Gasteiger charge is -2.17. The van der Waals surface area contributed by atoms with Crippen molar-refractivity contribution in [3.63, 3.8) is 0 Å². The van der Waals surface area contributed by atoms with Crippen molar-refractivity contribution >= 4 is 5.91 Å². The van der Waals surface area contributed by atoms with Gasteiger partial charge >= 0.3 is 0 Å². The first-order chi connectivity index (χ1) is 9.63. The topological polar surface area (TPSA) is 38.8 Å². The molecule has 1 rings (SSSR count). The molecule has 0 aliphatic rings. The standard InChI is InChI=1S/C16H25NO3/c1-5-10-19-14-9-8-13(16(18)17(4)7-3)12-15(14)20-11-6-2/h8-9,12H,5-7,10-11H2,1-4H3. The van der Waals surface area contributed by atoms with E-state index in [9.17, 15) is 4.79 Å². The van der Waals surface area contributed by atoms with Gasteiger partial charge in [0, 0.05) is 19.2 Å². The second-order valence-electron chi connectivity index (χ2n) is 4.68. The highest BCUT2D eigenvalue weighted by atomic mass is 16.5. The van der Waals surface area contributed by atoms with E-state index < -0.39 is 0 Å². The predicted octanol–water partition coefficient (Wildman–Crippen LogP) is 3.36. The van der Waals surface area contributed by atoms with Crippen LogP contribution >= 0.6 is 0 Å². The maximum absolute atomic E-state index is 12.2. The minimum absolute atomic E-state index is 0.00381. The monoisotopic (exact) mass is 279 g/mol. The van der Waals surface area contributed by atoms with E-state index in [1.807, 2.05) is 19.9 Å². The van der Waals surface area contributed by atoms with Crippen LogP contribution in [0.4, 0.5) is 0 Å². The molecule has 0 fully saturated rings. The Morgan fingerprint density at radius 3 is 2.20 bits per heavy atom. The molecule has 0 radical (unpaired) electrons. The molecular weight excluding hydrogens is 254 g/mol. The molecule has 1 aromatic carbocycles. The van der Waals surface area contributed by atoms with Gasteiger partial charge in [0.25, 0.3) is 5.91 Å². The number of benzene rings is 1. The van der Waals surface area contributed by atoms with Crippen molar-refractivity contribution in [3.05, 3.63) is 23.8 Å². The van der Waals surface area contributed by atoms with Gasteiger partial charge in [-0.25, -0.2) is 0 Å². The second-order valence-corrected chi connectivity index (χ2v) is 4.68. The van der Waals surface area contributed by atoms with E-state index in [-0.39, 0.29) is 5.91 Å². The van der Waals surface area contributed by atoms with Crippen LogP contribution in [0.3, 0.4) is 0 Å². The summed E-state index contributed by atoms with van der Waals surface area (Å²) < 4.78 is 11.3. The molecule has 0 saturated carbocycles. The fraction of sp³-hybridized carbons (Fsp3) is 0.562. The minimum Gasteiger partial charge on any atom is -0.490 e. The van der Waals surface area contributed by atoms with Crippen LogP contribution in [-0.2, 0) is 0 Å². The first-order valence-corrected chi connectivity index (χ1v) is 7.29. The van der Waals surface area contributed by atoms with Gasteiger partial charge in [0.15, 0.2) is 11.5 Å². The Labute approximate surface area is 121 Å². The Balaban J connectivity index is 2.96. The van der Waals surface area contributed by atoms with Gasteiger partial charge in [-0.2, -0.15) is 0 Å². The van der Waals surface area contributed by atoms with Crippen LogP contribution in [0.5, 0.6) is 11.5 Å². The molecule has 1 aromatic rings. The van der Waals surface area contributed by atoms with Crippen LogP contribution in [0.1, 0.15) is 44.0 Å². The summed E-state index contributed by atoms with van der Waals surface area (Å²) in [7, 11) is 1.79. The van der Waals surface area contributed by atoms with Gasteiger partial charge < -0.3 is 14.4 Å². The normalized spacial score (nSPS) is 10.2. The number of carbonyl (C=O) groups is 1. The molecule has 0 saturated heterocycles. The van der Waals surface area contributed by atoms with Crippen molar-refractivity contribution in [3.8, 4) is 11.5 Å². The average Bonchev–Trinajstić information content (AvgIpc) is 2.49. The van der Waals surface area contributed by atoms with Gasteiger partial charge in [0.05, 0.1) is 13.2 Å². The van der Waals surface area contributed by atoms with Crippen molar-refractivity contribution in [1.29, 1.82) is 0 Å². The summed E-state index contributed by atoms with van der Waals surface area (Å²) in [6, 6.07) is 5.38. The minimum atomic E-state index is -0.00381. The zero-order valence-electron chi connectivity index (χ0n) is 12.9. The van der Waals surface area contributed by atoms with Gasteiger partial charge in [-0.15, -0.1) is 0 Å². The smallest absolute Gasteiger partial charge is 0.253 e. The van der Waals surface area contributed by atoms with Crippen molar-refractivity contribution in [2.75, 3.05) is 26.8 Å². The van der Waals surface area contributed by atoms with E-state index in [0.29, 0.717) is 36.8 Å². The van der Waals surface area contributed by atoms with Crippen LogP contribution in [-0.4, -0.2) is 37.6 Å². The average molecular weight is 279 g/mol. The summed E-state index contributed by atoms with van der Waals surface area (Å²) in [5, 5.41) is 0. The summed E-state index contributed by atoms with van der Waals surface area (Å²) in [4.78, 5) is 13.8. The molecule has 0 aliphatic carbocycles. The fourth-order valence-corrected chi connectivity index (χ4v) is 1.66. The maximum atomic E-state index is 12.2. The third-order valence-corrected chi connectivity index (χ3v) is 2.94. The number of hydrogen-bond acceptors (Lipinski definition) is 3. The number of ether oxygens (including phenoxy) is 2. The second kappa shape index (κ2) is 8.46. The van der Waals surface area contributed by atoms with E-state index >= 15 is 0 Å². The lowest BCUT2D eigenvalue weighted by molar-refractivity contribution is 0.0802. The third-order valence-electron chi connectivity index (χ3n) is 2.94. The van der Waals surface area contributed by atoms with Crippen LogP contribution in [0, 0.1) is 0 Å². The van der Waals surface area contributed by atoms with E-state index in [4.69, 9.17) is 9.47 Å². The molecule has 0 N–H and O–H groups in total. The molecule has 20 heavy (non-hydrogen) atoms. The summed E-state index contributed by atoms with van der Waals surface area (Å²) in [6.45, 7) is 7.99. The number of nitrogens with zero attached hydrogens (tertiary/aromatic N) is 1. The summed E-state index contributed by atoms with van der Waals surface area (Å²) >= 11 is 0. The first-order valence-electron chi connectivity index (χ1n) is 7.29. The molecule has 0 aliphatic heterocycles. The highest BCUT2D eigenvalue weighted by Crippen LogP contribution is 2.29. The molecule has 4 heteroatoms. The molecule has 0 heterocycles. The van der Waals surface area contributed by atoms with Gasteiger partial charge in [0.1, 0.15) is 0 Å². The van der Waals surface area contributed by atoms with E-state index in [1.165, 1.54) is 0 Å². The lowest BCUT2D eigenvalue weighted by Crippen LogP contribution is -2.26. The summed E-state index contributed by atoms with van der Waals surface area (Å²) in [5.41, 5.74) is 0.629. The maximum Gasteiger partial charge on any atom is 0.253 e. The number of amides is 1. The first kappa shape index (κ1) is 16.3. The highest BCUT2D eigenvalue weighted by Gasteiger charge is 2.14. The SMILES string of the molecule is CCCOc1ccc(C(=O)N(C)CC)cc1OCCC. The number of rotatable bonds is 8. The third kappa shape index (κ3) is 4.44. The summed E-state index contributed by atoms with van der Waals surface area (Å²) in [6.07, 6.45) is 1.85. The number of carbonyl (C=O) groups excluding carboxylic acids is 1. The molecule has 0 atom stereocenters. The van der Waals surface area contributed by atoms with Gasteiger partial charge in [-0.05, 0) is 38.0 Å². The molecule has 0 unspecified atom stereocenters. The van der Waals surface area contributed by atoms with Gasteiger partial charge in [0.2, 0.25) is 0 Å². The molecule has 1 amide bonds. The van der Waals surface area contributed by atoms with E-state index in [1.54, 1.807) is 24.1 Å². The highest BCUT2D eigenvalue weighted by molar-refractivity contribution is 5.94. The van der Waals surface area contributed by atoms with Crippen molar-refractivity contribution in [2.24, 2.45) is 0 Å². The number of hydrogen-bond donors (Lipinski definition) is 0. The van der Waals surface area contributed by atoms with Crippen LogP contribution in [0.2, 0.25) is 0 Å². The zero-order valence-corrected chi connectivity index (χ0v) is 12.9. The van der Waals surface area contributed by atoms with Gasteiger partial charge in [-0.1, -0.05) is 13.8 Å². The van der Waals surface area contributed by atoms with Crippen molar-refractivity contribution in [1.82, 2.24) is 4.90 Å². The van der Waals surface area contributed by atoms with Crippen LogP contribution in [0.15, 0.2) is 18.2 Å². The van der Waals surface area contributed by atoms with Crippen LogP contribution < -0.4 is 9.47 Å². The Hall–Kier alpha value is -1.71. The van der Waals surface area contributed by atoms with Gasteiger partial charge in [-0.3, -0.25) is 4.79 Å².